The number of nitrogens with zero attached hydrogens (tertiary/aromatic N) is 6. The van der Waals surface area contributed by atoms with Crippen LogP contribution in [0.3, 0.4) is 0 Å². The van der Waals surface area contributed by atoms with Crippen LogP contribution in [-0.2, 0) is 17.9 Å². The van der Waals surface area contributed by atoms with Gasteiger partial charge in [0.15, 0.2) is 16.7 Å². The van der Waals surface area contributed by atoms with Crippen LogP contribution in [0.4, 0.5) is 15.7 Å². The molecule has 2 aromatic carbocycles. The molecule has 0 aliphatic carbocycles. The van der Waals surface area contributed by atoms with Crippen LogP contribution in [0.15, 0.2) is 71.4 Å². The second-order valence-corrected chi connectivity index (χ2v) is 12.8. The van der Waals surface area contributed by atoms with Gasteiger partial charge in [-0.1, -0.05) is 36.4 Å². The van der Waals surface area contributed by atoms with Crippen molar-refractivity contribution in [3.05, 3.63) is 88.9 Å². The van der Waals surface area contributed by atoms with Crippen molar-refractivity contribution >= 4 is 83.0 Å². The summed E-state index contributed by atoms with van der Waals surface area (Å²) in [5.41, 5.74) is 10.3. The van der Waals surface area contributed by atoms with Gasteiger partial charge in [0.1, 0.15) is 30.4 Å². The van der Waals surface area contributed by atoms with Gasteiger partial charge in [-0.25, -0.2) is 14.8 Å². The van der Waals surface area contributed by atoms with Crippen LogP contribution in [0.1, 0.15) is 21.9 Å². The summed E-state index contributed by atoms with van der Waals surface area (Å²) in [5.74, 6) is 0.714. The van der Waals surface area contributed by atoms with Crippen molar-refractivity contribution in [1.82, 2.24) is 30.2 Å². The number of H-pyrrole nitrogens is 1. The van der Waals surface area contributed by atoms with Gasteiger partial charge in [-0.15, -0.1) is 22.7 Å². The third kappa shape index (κ3) is 6.75. The maximum absolute atomic E-state index is 12.3. The Labute approximate surface area is 281 Å². The number of benzene rings is 2. The fourth-order valence-corrected chi connectivity index (χ4v) is 7.15. The van der Waals surface area contributed by atoms with E-state index in [0.717, 1.165) is 30.4 Å². The van der Waals surface area contributed by atoms with Crippen LogP contribution >= 0.6 is 22.7 Å². The number of nitrogens with one attached hydrogen (secondary N) is 2. The number of thiophene rings is 2. The van der Waals surface area contributed by atoms with E-state index in [2.05, 4.69) is 48.4 Å². The molecule has 0 aliphatic heterocycles. The molecule has 0 spiro atoms. The molecular weight excluding hydrogens is 651 g/mol. The SMILES string of the molecule is CN(CCOC(=O)NCc1ccc(COc2nc(N)nc3[nH]cnc23)cc1)c1cc2sc(/C=C(\C#N)c3nc4ccccc4o3)cc2s1. The Kier molecular flexibility index (Phi) is 8.56. The van der Waals surface area contributed by atoms with Crippen LogP contribution in [0, 0.1) is 11.3 Å². The highest BCUT2D eigenvalue weighted by molar-refractivity contribution is 7.30. The molecule has 0 unspecified atom stereocenters. The number of imidazole rings is 1. The van der Waals surface area contributed by atoms with E-state index in [4.69, 9.17) is 19.6 Å². The lowest BCUT2D eigenvalue weighted by atomic mass is 10.1. The van der Waals surface area contributed by atoms with E-state index in [9.17, 15) is 10.1 Å². The highest BCUT2D eigenvalue weighted by Gasteiger charge is 2.14. The molecule has 0 bridgehead atoms. The molecule has 15 heteroatoms. The largest absolute Gasteiger partial charge is 0.471 e. The Balaban J connectivity index is 0.864. The summed E-state index contributed by atoms with van der Waals surface area (Å²) >= 11 is 3.22. The third-order valence-electron chi connectivity index (χ3n) is 7.28. The van der Waals surface area contributed by atoms with Gasteiger partial charge in [-0.2, -0.15) is 15.2 Å². The number of aromatic amines is 1. The van der Waals surface area contributed by atoms with Gasteiger partial charge in [0.05, 0.1) is 17.9 Å². The predicted octanol–water partition coefficient (Wildman–Crippen LogP) is 6.36. The molecule has 48 heavy (non-hydrogen) atoms. The first kappa shape index (κ1) is 30.7. The summed E-state index contributed by atoms with van der Waals surface area (Å²) in [4.78, 5) is 35.0. The number of anilines is 2. The number of carbonyl (C=O) groups excluding carboxylic acids is 1. The number of allylic oxidation sites excluding steroid dienone is 1. The lowest BCUT2D eigenvalue weighted by molar-refractivity contribution is 0.148. The number of likely N-dealkylation sites (N-methyl/N-ethyl adjacent to an activating group) is 1. The average molecular weight is 678 g/mol. The molecule has 0 aliphatic rings. The molecule has 7 aromatic rings. The van der Waals surface area contributed by atoms with Crippen LogP contribution in [0.2, 0.25) is 0 Å². The van der Waals surface area contributed by atoms with Crippen molar-refractivity contribution in [3.8, 4) is 11.9 Å². The first-order chi connectivity index (χ1) is 23.4. The average Bonchev–Trinajstić information content (AvgIpc) is 3.89. The number of fused-ring (bicyclic) bond motifs is 3. The minimum Gasteiger partial charge on any atom is -0.471 e. The van der Waals surface area contributed by atoms with Crippen molar-refractivity contribution in [1.29, 1.82) is 5.26 Å². The number of nitriles is 1. The molecule has 4 N–H and O–H groups in total. The van der Waals surface area contributed by atoms with Crippen LogP contribution < -0.4 is 20.7 Å². The fraction of sp³-hybridized carbons (Fsp3) is 0.152. The molecule has 5 aromatic heterocycles. The third-order valence-corrected chi connectivity index (χ3v) is 9.63. The number of rotatable bonds is 11. The maximum atomic E-state index is 12.3. The van der Waals surface area contributed by atoms with E-state index < -0.39 is 6.09 Å². The molecule has 0 saturated carbocycles. The number of hydrogen-bond donors (Lipinski definition) is 3. The molecule has 0 atom stereocenters. The van der Waals surface area contributed by atoms with Crippen molar-refractivity contribution in [2.45, 2.75) is 13.2 Å². The van der Waals surface area contributed by atoms with Crippen molar-refractivity contribution in [2.24, 2.45) is 0 Å². The van der Waals surface area contributed by atoms with Gasteiger partial charge in [0.25, 0.3) is 0 Å². The predicted molar refractivity (Wildman–Crippen MR) is 186 cm³/mol. The second-order valence-electron chi connectivity index (χ2n) is 10.6. The van der Waals surface area contributed by atoms with Gasteiger partial charge >= 0.3 is 6.09 Å². The quantitative estimate of drug-likeness (QED) is 0.130. The summed E-state index contributed by atoms with van der Waals surface area (Å²) in [6.45, 7) is 1.35. The number of carbonyl (C=O) groups is 1. The fourth-order valence-electron chi connectivity index (χ4n) is 4.81. The van der Waals surface area contributed by atoms with Crippen LogP contribution in [0.25, 0.3) is 43.3 Å². The zero-order valence-corrected chi connectivity index (χ0v) is 27.1. The van der Waals surface area contributed by atoms with Crippen molar-refractivity contribution in [2.75, 3.05) is 30.8 Å². The number of amides is 1. The Morgan fingerprint density at radius 3 is 2.73 bits per heavy atom. The van der Waals surface area contributed by atoms with E-state index in [-0.39, 0.29) is 19.2 Å². The number of nitrogen functional groups attached to an aromatic ring is 1. The number of aromatic nitrogens is 5. The standard InChI is InChI=1S/C33H27N9O4S2/c1-42(27-14-26-25(48-27)13-22(47-26)12-21(15-34)30-39-23-4-2-3-5-24(23)46-30)10-11-44-33(43)36-16-19-6-8-20(9-7-19)17-45-31-28-29(38-18-37-28)40-32(35)41-31/h2-9,12-14,18H,10-11,16-17H2,1H3,(H,36,43)(H3,35,37,38,40,41)/b21-12+. The second kappa shape index (κ2) is 13.4. The van der Waals surface area contributed by atoms with Crippen molar-refractivity contribution in [3.63, 3.8) is 0 Å². The molecule has 0 fully saturated rings. The Morgan fingerprint density at radius 1 is 1.10 bits per heavy atom. The molecule has 240 valence electrons. The molecule has 1 amide bonds. The normalized spacial score (nSPS) is 11.6. The van der Waals surface area contributed by atoms with E-state index >= 15 is 0 Å². The molecule has 0 saturated heterocycles. The number of ether oxygens (including phenoxy) is 2. The molecule has 13 nitrogen and oxygen atoms in total. The van der Waals surface area contributed by atoms with Crippen molar-refractivity contribution < 1.29 is 18.7 Å². The van der Waals surface area contributed by atoms with Gasteiger partial charge < -0.3 is 34.8 Å². The number of para-hydroxylation sites is 2. The van der Waals surface area contributed by atoms with Gasteiger partial charge in [-0.3, -0.25) is 0 Å². The topological polar surface area (TPSA) is 181 Å². The summed E-state index contributed by atoms with van der Waals surface area (Å²) in [5, 5.41) is 13.6. The maximum Gasteiger partial charge on any atom is 0.407 e. The lowest BCUT2D eigenvalue weighted by Gasteiger charge is -2.16. The summed E-state index contributed by atoms with van der Waals surface area (Å²) in [7, 11) is 1.96. The minimum absolute atomic E-state index is 0.0988. The van der Waals surface area contributed by atoms with E-state index in [1.807, 2.05) is 60.5 Å². The molecule has 7 rings (SSSR count). The number of oxazole rings is 1. The summed E-state index contributed by atoms with van der Waals surface area (Å²) in [6, 6.07) is 21.4. The van der Waals surface area contributed by atoms with E-state index in [1.165, 1.54) is 6.33 Å². The molecule has 5 heterocycles. The Morgan fingerprint density at radius 2 is 1.92 bits per heavy atom. The number of alkyl carbamates (subject to hydrolysis) is 1. The van der Waals surface area contributed by atoms with Gasteiger partial charge in [0, 0.05) is 27.9 Å². The first-order valence-electron chi connectivity index (χ1n) is 14.7. The summed E-state index contributed by atoms with van der Waals surface area (Å²) in [6.07, 6.45) is 2.82. The van der Waals surface area contributed by atoms with Gasteiger partial charge in [-0.05, 0) is 41.5 Å². The lowest BCUT2D eigenvalue weighted by Crippen LogP contribution is -2.28. The Bertz CT molecular complexity index is 2250. The monoisotopic (exact) mass is 677 g/mol. The van der Waals surface area contributed by atoms with Gasteiger partial charge in [0.2, 0.25) is 17.7 Å². The highest BCUT2D eigenvalue weighted by Crippen LogP contribution is 2.38. The highest BCUT2D eigenvalue weighted by atomic mass is 32.1. The number of nitrogens with two attached hydrogens (primary N) is 1. The van der Waals surface area contributed by atoms with Crippen LogP contribution in [0.5, 0.6) is 5.88 Å². The summed E-state index contributed by atoms with van der Waals surface area (Å²) < 4.78 is 19.2. The zero-order chi connectivity index (χ0) is 33.0. The minimum atomic E-state index is -0.490. The van der Waals surface area contributed by atoms with E-state index in [1.54, 1.807) is 28.7 Å². The molecular formula is C33H27N9O4S2. The molecule has 0 radical (unpaired) electrons. The van der Waals surface area contributed by atoms with E-state index in [0.29, 0.717) is 52.7 Å². The number of hydrogen-bond acceptors (Lipinski definition) is 13. The Hall–Kier alpha value is -5.98. The zero-order valence-electron chi connectivity index (χ0n) is 25.5. The first-order valence-corrected chi connectivity index (χ1v) is 16.4. The van der Waals surface area contributed by atoms with Crippen LogP contribution in [-0.4, -0.2) is 51.2 Å². The smallest absolute Gasteiger partial charge is 0.407 e.